The molecule has 1 heteroatoms. The van der Waals surface area contributed by atoms with Gasteiger partial charge in [0.25, 0.3) is 0 Å². The number of ether oxygens (including phenoxy) is 1. The smallest absolute Gasteiger partial charge is 0.0639 e. The molecule has 1 nitrogen and oxygen atoms in total. The number of hydrogen-bond donors (Lipinski definition) is 0. The third kappa shape index (κ3) is 3.08. The predicted octanol–water partition coefficient (Wildman–Crippen LogP) is 3.82. The molecule has 1 saturated carbocycles. The second-order valence-electron chi connectivity index (χ2n) is 4.86. The molecule has 0 amide bonds. The number of hydrogen-bond acceptors (Lipinski definition) is 1. The van der Waals surface area contributed by atoms with E-state index in [0.29, 0.717) is 6.10 Å². The van der Waals surface area contributed by atoms with Crippen molar-refractivity contribution in [2.24, 2.45) is 5.92 Å². The summed E-state index contributed by atoms with van der Waals surface area (Å²) in [5, 5.41) is 0. The van der Waals surface area contributed by atoms with Gasteiger partial charge in [-0.25, -0.2) is 0 Å². The van der Waals surface area contributed by atoms with E-state index in [0.717, 1.165) is 12.3 Å². The Morgan fingerprint density at radius 1 is 1.12 bits per heavy atom. The first-order valence-corrected chi connectivity index (χ1v) is 6.47. The van der Waals surface area contributed by atoms with Gasteiger partial charge in [0, 0.05) is 7.11 Å². The number of rotatable bonds is 4. The summed E-state index contributed by atoms with van der Waals surface area (Å²) in [4.78, 5) is 0. The van der Waals surface area contributed by atoms with Gasteiger partial charge in [-0.2, -0.15) is 0 Å². The van der Waals surface area contributed by atoms with Crippen LogP contribution in [0.5, 0.6) is 0 Å². The van der Waals surface area contributed by atoms with Crippen molar-refractivity contribution in [3.05, 3.63) is 35.9 Å². The van der Waals surface area contributed by atoms with E-state index in [1.165, 1.54) is 37.7 Å². The normalized spacial score (nSPS) is 19.6. The minimum atomic E-state index is 0.419. The highest BCUT2D eigenvalue weighted by Crippen LogP contribution is 2.29. The van der Waals surface area contributed by atoms with Crippen LogP contribution in [0.2, 0.25) is 0 Å². The van der Waals surface area contributed by atoms with E-state index in [1.54, 1.807) is 0 Å². The lowest BCUT2D eigenvalue weighted by molar-refractivity contribution is 0.0369. The van der Waals surface area contributed by atoms with Crippen molar-refractivity contribution < 1.29 is 4.74 Å². The van der Waals surface area contributed by atoms with E-state index >= 15 is 0 Å². The molecule has 88 valence electrons. The van der Waals surface area contributed by atoms with Crippen LogP contribution in [0, 0.1) is 5.92 Å². The minimum Gasteiger partial charge on any atom is -0.381 e. The molecule has 16 heavy (non-hydrogen) atoms. The third-order valence-corrected chi connectivity index (χ3v) is 3.76. The lowest BCUT2D eigenvalue weighted by atomic mass is 9.83. The van der Waals surface area contributed by atoms with Crippen molar-refractivity contribution >= 4 is 0 Å². The molecule has 1 unspecified atom stereocenters. The van der Waals surface area contributed by atoms with Crippen molar-refractivity contribution in [2.75, 3.05) is 7.11 Å². The maximum atomic E-state index is 5.69. The molecule has 0 spiro atoms. The molecule has 1 fully saturated rings. The van der Waals surface area contributed by atoms with Gasteiger partial charge in [-0.1, -0.05) is 49.6 Å². The van der Waals surface area contributed by atoms with Crippen LogP contribution in [-0.4, -0.2) is 13.2 Å². The number of methoxy groups -OCH3 is 1. The first-order valence-electron chi connectivity index (χ1n) is 6.47. The molecular formula is C15H22O. The van der Waals surface area contributed by atoms with Gasteiger partial charge in [0.1, 0.15) is 0 Å². The molecule has 0 heterocycles. The zero-order valence-corrected chi connectivity index (χ0v) is 10.2. The van der Waals surface area contributed by atoms with Gasteiger partial charge in [0.15, 0.2) is 0 Å². The summed E-state index contributed by atoms with van der Waals surface area (Å²) in [5.41, 5.74) is 1.40. The van der Waals surface area contributed by atoms with Gasteiger partial charge < -0.3 is 4.74 Å². The van der Waals surface area contributed by atoms with Gasteiger partial charge in [0.2, 0.25) is 0 Å². The highest BCUT2D eigenvalue weighted by molar-refractivity contribution is 5.15. The van der Waals surface area contributed by atoms with Gasteiger partial charge in [-0.05, 0) is 30.7 Å². The van der Waals surface area contributed by atoms with Gasteiger partial charge in [-0.15, -0.1) is 0 Å². The molecular weight excluding hydrogens is 196 g/mol. The average molecular weight is 218 g/mol. The molecule has 0 radical (unpaired) electrons. The lowest BCUT2D eigenvalue weighted by Crippen LogP contribution is -2.27. The molecule has 1 aliphatic rings. The summed E-state index contributed by atoms with van der Waals surface area (Å²) in [6.45, 7) is 0. The largest absolute Gasteiger partial charge is 0.381 e. The van der Waals surface area contributed by atoms with Crippen LogP contribution in [0.1, 0.15) is 37.7 Å². The monoisotopic (exact) mass is 218 g/mol. The SMILES string of the molecule is COC(Cc1ccccc1)C1CCCCC1. The minimum absolute atomic E-state index is 0.419. The van der Waals surface area contributed by atoms with Crippen molar-refractivity contribution in [3.63, 3.8) is 0 Å². The van der Waals surface area contributed by atoms with E-state index in [1.807, 2.05) is 7.11 Å². The Balaban J connectivity index is 1.94. The summed E-state index contributed by atoms with van der Waals surface area (Å²) in [6, 6.07) is 10.7. The van der Waals surface area contributed by atoms with Crippen LogP contribution in [0.25, 0.3) is 0 Å². The first-order chi connectivity index (χ1) is 7.90. The van der Waals surface area contributed by atoms with E-state index in [-0.39, 0.29) is 0 Å². The molecule has 1 aliphatic carbocycles. The predicted molar refractivity (Wildman–Crippen MR) is 67.5 cm³/mol. The Bertz CT molecular complexity index is 288. The Morgan fingerprint density at radius 3 is 2.44 bits per heavy atom. The van der Waals surface area contributed by atoms with Crippen molar-refractivity contribution in [2.45, 2.75) is 44.6 Å². The summed E-state index contributed by atoms with van der Waals surface area (Å²) >= 11 is 0. The maximum absolute atomic E-state index is 5.69. The zero-order valence-electron chi connectivity index (χ0n) is 10.2. The summed E-state index contributed by atoms with van der Waals surface area (Å²) in [5.74, 6) is 0.777. The van der Waals surface area contributed by atoms with Crippen LogP contribution in [0.4, 0.5) is 0 Å². The van der Waals surface area contributed by atoms with Crippen LogP contribution >= 0.6 is 0 Å². The van der Waals surface area contributed by atoms with Gasteiger partial charge in [0.05, 0.1) is 6.10 Å². The second-order valence-corrected chi connectivity index (χ2v) is 4.86. The molecule has 2 rings (SSSR count). The Hall–Kier alpha value is -0.820. The lowest BCUT2D eigenvalue weighted by Gasteiger charge is -2.29. The molecule has 0 saturated heterocycles. The Morgan fingerprint density at radius 2 is 1.81 bits per heavy atom. The second kappa shape index (κ2) is 6.05. The molecule has 1 aromatic carbocycles. The standard InChI is InChI=1S/C15H22O/c1-16-15(14-10-6-3-7-11-14)12-13-8-4-2-5-9-13/h2,4-5,8-9,14-15H,3,6-7,10-12H2,1H3. The molecule has 0 bridgehead atoms. The third-order valence-electron chi connectivity index (χ3n) is 3.76. The fraction of sp³-hybridized carbons (Fsp3) is 0.600. The summed E-state index contributed by atoms with van der Waals surface area (Å²) < 4.78 is 5.69. The van der Waals surface area contributed by atoms with Crippen molar-refractivity contribution in [1.29, 1.82) is 0 Å². The van der Waals surface area contributed by atoms with E-state index in [4.69, 9.17) is 4.74 Å². The molecule has 1 atom stereocenters. The van der Waals surface area contributed by atoms with E-state index in [2.05, 4.69) is 30.3 Å². The Labute approximate surface area is 98.8 Å². The van der Waals surface area contributed by atoms with Crippen molar-refractivity contribution in [1.82, 2.24) is 0 Å². The highest BCUT2D eigenvalue weighted by Gasteiger charge is 2.23. The van der Waals surface area contributed by atoms with E-state index in [9.17, 15) is 0 Å². The molecule has 0 N–H and O–H groups in total. The Kier molecular flexibility index (Phi) is 4.41. The van der Waals surface area contributed by atoms with Crippen molar-refractivity contribution in [3.8, 4) is 0 Å². The quantitative estimate of drug-likeness (QED) is 0.746. The van der Waals surface area contributed by atoms with Gasteiger partial charge >= 0.3 is 0 Å². The number of benzene rings is 1. The summed E-state index contributed by atoms with van der Waals surface area (Å²) in [7, 11) is 1.86. The summed E-state index contributed by atoms with van der Waals surface area (Å²) in [6.07, 6.45) is 8.39. The molecule has 0 aliphatic heterocycles. The fourth-order valence-electron chi connectivity index (χ4n) is 2.79. The fourth-order valence-corrected chi connectivity index (χ4v) is 2.79. The molecule has 1 aromatic rings. The van der Waals surface area contributed by atoms with Crippen LogP contribution in [0.3, 0.4) is 0 Å². The highest BCUT2D eigenvalue weighted by atomic mass is 16.5. The maximum Gasteiger partial charge on any atom is 0.0639 e. The molecule has 0 aromatic heterocycles. The topological polar surface area (TPSA) is 9.23 Å². The van der Waals surface area contributed by atoms with Crippen LogP contribution < -0.4 is 0 Å². The van der Waals surface area contributed by atoms with E-state index < -0.39 is 0 Å². The van der Waals surface area contributed by atoms with Crippen LogP contribution in [0.15, 0.2) is 30.3 Å². The zero-order chi connectivity index (χ0) is 11.2. The first kappa shape index (κ1) is 11.7. The van der Waals surface area contributed by atoms with Gasteiger partial charge in [-0.3, -0.25) is 0 Å². The average Bonchev–Trinajstić information content (AvgIpc) is 2.38. The van der Waals surface area contributed by atoms with Crippen LogP contribution in [-0.2, 0) is 11.2 Å².